The minimum absolute atomic E-state index is 0.348. The standard InChI is InChI=1S/C18H18ClNO3/c1-11-4-5-12(2)16(10-11)20-17(21)13(3)23-18(22)14-6-8-15(19)9-7-14/h4-10,13H,1-3H3,(H,20,21). The molecule has 5 heteroatoms. The van der Waals surface area contributed by atoms with Crippen LogP contribution in [-0.4, -0.2) is 18.0 Å². The number of hydrogen-bond donors (Lipinski definition) is 1. The number of ether oxygens (including phenoxy) is 1. The van der Waals surface area contributed by atoms with Crippen LogP contribution in [0.1, 0.15) is 28.4 Å². The minimum Gasteiger partial charge on any atom is -0.449 e. The number of carbonyl (C=O) groups is 2. The number of rotatable bonds is 4. The quantitative estimate of drug-likeness (QED) is 0.857. The molecule has 0 aliphatic carbocycles. The monoisotopic (exact) mass is 331 g/mol. The summed E-state index contributed by atoms with van der Waals surface area (Å²) in [5.41, 5.74) is 3.04. The lowest BCUT2D eigenvalue weighted by molar-refractivity contribution is -0.123. The first-order chi connectivity index (χ1) is 10.9. The van der Waals surface area contributed by atoms with E-state index in [9.17, 15) is 9.59 Å². The fourth-order valence-electron chi connectivity index (χ4n) is 1.97. The van der Waals surface area contributed by atoms with Gasteiger partial charge in [-0.3, -0.25) is 4.79 Å². The van der Waals surface area contributed by atoms with Crippen molar-refractivity contribution in [3.63, 3.8) is 0 Å². The normalized spacial score (nSPS) is 11.7. The summed E-state index contributed by atoms with van der Waals surface area (Å²) in [7, 11) is 0. The molecule has 0 aliphatic heterocycles. The van der Waals surface area contributed by atoms with Crippen LogP contribution in [0.25, 0.3) is 0 Å². The van der Waals surface area contributed by atoms with Gasteiger partial charge in [0.2, 0.25) is 0 Å². The third-order valence-electron chi connectivity index (χ3n) is 3.38. The van der Waals surface area contributed by atoms with Crippen LogP contribution >= 0.6 is 11.6 Å². The Hall–Kier alpha value is -2.33. The molecule has 0 saturated carbocycles. The summed E-state index contributed by atoms with van der Waals surface area (Å²) in [4.78, 5) is 24.2. The molecule has 0 radical (unpaired) electrons. The van der Waals surface area contributed by atoms with Crippen LogP contribution in [0.15, 0.2) is 42.5 Å². The lowest BCUT2D eigenvalue weighted by Crippen LogP contribution is -2.30. The van der Waals surface area contributed by atoms with Crippen molar-refractivity contribution in [1.29, 1.82) is 0 Å². The fourth-order valence-corrected chi connectivity index (χ4v) is 2.10. The predicted octanol–water partition coefficient (Wildman–Crippen LogP) is 4.14. The van der Waals surface area contributed by atoms with Gasteiger partial charge in [-0.2, -0.15) is 0 Å². The second-order valence-electron chi connectivity index (χ2n) is 5.36. The molecule has 0 fully saturated rings. The van der Waals surface area contributed by atoms with Gasteiger partial charge in [-0.15, -0.1) is 0 Å². The molecular formula is C18H18ClNO3. The second kappa shape index (κ2) is 7.29. The minimum atomic E-state index is -0.905. The molecule has 1 amide bonds. The predicted molar refractivity (Wildman–Crippen MR) is 90.9 cm³/mol. The molecule has 23 heavy (non-hydrogen) atoms. The van der Waals surface area contributed by atoms with E-state index in [0.29, 0.717) is 16.3 Å². The van der Waals surface area contributed by atoms with E-state index in [4.69, 9.17) is 16.3 Å². The van der Waals surface area contributed by atoms with E-state index in [2.05, 4.69) is 5.32 Å². The maximum absolute atomic E-state index is 12.2. The van der Waals surface area contributed by atoms with Gasteiger partial charge in [-0.05, 0) is 62.2 Å². The first kappa shape index (κ1) is 17.0. The van der Waals surface area contributed by atoms with Crippen LogP contribution in [0.4, 0.5) is 5.69 Å². The number of carbonyl (C=O) groups excluding carboxylic acids is 2. The maximum Gasteiger partial charge on any atom is 0.338 e. The molecule has 0 bridgehead atoms. The molecule has 2 rings (SSSR count). The smallest absolute Gasteiger partial charge is 0.338 e. The lowest BCUT2D eigenvalue weighted by Gasteiger charge is -2.15. The Morgan fingerprint density at radius 2 is 1.74 bits per heavy atom. The molecule has 2 aromatic rings. The third kappa shape index (κ3) is 4.57. The van der Waals surface area contributed by atoms with Crippen molar-refractivity contribution in [1.82, 2.24) is 0 Å². The molecule has 0 aliphatic rings. The Labute approximate surface area is 140 Å². The first-order valence-corrected chi connectivity index (χ1v) is 7.59. The molecule has 4 nitrogen and oxygen atoms in total. The molecule has 1 atom stereocenters. The van der Waals surface area contributed by atoms with Gasteiger partial charge < -0.3 is 10.1 Å². The number of esters is 1. The number of nitrogens with one attached hydrogen (secondary N) is 1. The molecule has 0 heterocycles. The lowest BCUT2D eigenvalue weighted by atomic mass is 10.1. The van der Waals surface area contributed by atoms with E-state index in [0.717, 1.165) is 11.1 Å². The van der Waals surface area contributed by atoms with Crippen LogP contribution in [0, 0.1) is 13.8 Å². The Balaban J connectivity index is 2.01. The summed E-state index contributed by atoms with van der Waals surface area (Å²) in [5.74, 6) is -0.939. The summed E-state index contributed by atoms with van der Waals surface area (Å²) < 4.78 is 5.19. The fraction of sp³-hybridized carbons (Fsp3) is 0.222. The highest BCUT2D eigenvalue weighted by Crippen LogP contribution is 2.17. The summed E-state index contributed by atoms with van der Waals surface area (Å²) in [6, 6.07) is 12.1. The van der Waals surface area contributed by atoms with Crippen molar-refractivity contribution >= 4 is 29.2 Å². The molecule has 0 spiro atoms. The topological polar surface area (TPSA) is 55.4 Å². The number of amides is 1. The van der Waals surface area contributed by atoms with E-state index < -0.39 is 12.1 Å². The van der Waals surface area contributed by atoms with E-state index in [1.165, 1.54) is 6.92 Å². The molecule has 0 aromatic heterocycles. The second-order valence-corrected chi connectivity index (χ2v) is 5.80. The van der Waals surface area contributed by atoms with Gasteiger partial charge in [0.25, 0.3) is 5.91 Å². The molecule has 0 saturated heterocycles. The summed E-state index contributed by atoms with van der Waals surface area (Å²) in [6.45, 7) is 5.38. The van der Waals surface area contributed by atoms with Crippen LogP contribution in [0.5, 0.6) is 0 Å². The molecule has 2 aromatic carbocycles. The molecule has 1 unspecified atom stereocenters. The van der Waals surface area contributed by atoms with E-state index in [-0.39, 0.29) is 5.91 Å². The van der Waals surface area contributed by atoms with Gasteiger partial charge in [0.05, 0.1) is 5.56 Å². The SMILES string of the molecule is Cc1ccc(C)c(NC(=O)C(C)OC(=O)c2ccc(Cl)cc2)c1. The Morgan fingerprint density at radius 1 is 1.09 bits per heavy atom. The van der Waals surface area contributed by atoms with Crippen molar-refractivity contribution < 1.29 is 14.3 Å². The van der Waals surface area contributed by atoms with Gasteiger partial charge in [-0.1, -0.05) is 23.7 Å². The third-order valence-corrected chi connectivity index (χ3v) is 3.64. The van der Waals surface area contributed by atoms with E-state index >= 15 is 0 Å². The van der Waals surface area contributed by atoms with Crippen LogP contribution in [-0.2, 0) is 9.53 Å². The maximum atomic E-state index is 12.2. The Bertz CT molecular complexity index is 726. The van der Waals surface area contributed by atoms with Gasteiger partial charge >= 0.3 is 5.97 Å². The average Bonchev–Trinajstić information content (AvgIpc) is 2.51. The van der Waals surface area contributed by atoms with Gasteiger partial charge in [0.15, 0.2) is 6.10 Å². The highest BCUT2D eigenvalue weighted by atomic mass is 35.5. The number of halogens is 1. The summed E-state index contributed by atoms with van der Waals surface area (Å²) in [5, 5.41) is 3.31. The number of aryl methyl sites for hydroxylation is 2. The number of hydrogen-bond acceptors (Lipinski definition) is 3. The zero-order valence-electron chi connectivity index (χ0n) is 13.2. The number of benzene rings is 2. The Kier molecular flexibility index (Phi) is 5.40. The van der Waals surface area contributed by atoms with Crippen molar-refractivity contribution in [2.75, 3.05) is 5.32 Å². The zero-order chi connectivity index (χ0) is 17.0. The first-order valence-electron chi connectivity index (χ1n) is 7.21. The van der Waals surface area contributed by atoms with Crippen molar-refractivity contribution in [3.8, 4) is 0 Å². The van der Waals surface area contributed by atoms with Crippen LogP contribution in [0.2, 0.25) is 5.02 Å². The summed E-state index contributed by atoms with van der Waals surface area (Å²) >= 11 is 5.77. The largest absolute Gasteiger partial charge is 0.449 e. The number of anilines is 1. The van der Waals surface area contributed by atoms with Crippen molar-refractivity contribution in [2.45, 2.75) is 26.9 Å². The van der Waals surface area contributed by atoms with Crippen LogP contribution < -0.4 is 5.32 Å². The van der Waals surface area contributed by atoms with Gasteiger partial charge in [0.1, 0.15) is 0 Å². The molecule has 1 N–H and O–H groups in total. The molecule has 120 valence electrons. The van der Waals surface area contributed by atoms with Gasteiger partial charge in [0, 0.05) is 10.7 Å². The zero-order valence-corrected chi connectivity index (χ0v) is 14.0. The van der Waals surface area contributed by atoms with E-state index in [1.54, 1.807) is 24.3 Å². The molecular weight excluding hydrogens is 314 g/mol. The van der Waals surface area contributed by atoms with Crippen molar-refractivity contribution in [2.24, 2.45) is 0 Å². The summed E-state index contributed by atoms with van der Waals surface area (Å²) in [6.07, 6.45) is -0.905. The van der Waals surface area contributed by atoms with E-state index in [1.807, 2.05) is 32.0 Å². The van der Waals surface area contributed by atoms with Crippen LogP contribution in [0.3, 0.4) is 0 Å². The average molecular weight is 332 g/mol. The van der Waals surface area contributed by atoms with Gasteiger partial charge in [-0.25, -0.2) is 4.79 Å². The highest BCUT2D eigenvalue weighted by molar-refractivity contribution is 6.30. The van der Waals surface area contributed by atoms with Crippen molar-refractivity contribution in [3.05, 3.63) is 64.2 Å². The highest BCUT2D eigenvalue weighted by Gasteiger charge is 2.19. The Morgan fingerprint density at radius 3 is 2.39 bits per heavy atom.